The van der Waals surface area contributed by atoms with E-state index in [0.717, 1.165) is 84.2 Å². The molecule has 0 N–H and O–H groups in total. The molecule has 50 heavy (non-hydrogen) atoms. The molecule has 1 unspecified atom stereocenters. The van der Waals surface area contributed by atoms with Gasteiger partial charge in [-0.05, 0) is 87.7 Å². The number of nitrogens with zero attached hydrogens (tertiary/aromatic N) is 4. The summed E-state index contributed by atoms with van der Waals surface area (Å²) in [4.78, 5) is 23.8. The number of carbonyl (C=O) groups excluding carboxylic acids is 1. The van der Waals surface area contributed by atoms with Crippen LogP contribution >= 0.6 is 11.8 Å². The molecule has 0 amide bonds. The Kier molecular flexibility index (Phi) is 11.4. The molecule has 2 aliphatic rings. The molecular weight excluding hydrogens is 662 g/mol. The van der Waals surface area contributed by atoms with Crippen molar-refractivity contribution in [3.8, 4) is 5.75 Å². The third kappa shape index (κ3) is 8.33. The SMILES string of the molecule is CCN(CC)c1ccc2cccc(OC(C)C(=O)OCCN3CCN(CCCN4c5ccccc5Sc5ccc(C(F)(F)F)cc54)CC3)c2c1. The number of ether oxygens (including phenoxy) is 2. The molecule has 2 heterocycles. The molecule has 6 rings (SSSR count). The van der Waals surface area contributed by atoms with Gasteiger partial charge in [-0.25, -0.2) is 4.79 Å². The third-order valence-electron chi connectivity index (χ3n) is 9.52. The maximum atomic E-state index is 13.6. The molecule has 2 aliphatic heterocycles. The molecule has 4 aromatic rings. The second kappa shape index (κ2) is 16.0. The van der Waals surface area contributed by atoms with Gasteiger partial charge in [0.05, 0.1) is 16.9 Å². The zero-order chi connectivity index (χ0) is 35.3. The number of hydrogen-bond acceptors (Lipinski definition) is 8. The van der Waals surface area contributed by atoms with E-state index in [9.17, 15) is 18.0 Å². The largest absolute Gasteiger partial charge is 0.478 e. The number of anilines is 3. The monoisotopic (exact) mass is 706 g/mol. The Morgan fingerprint density at radius 1 is 0.840 bits per heavy atom. The molecule has 0 saturated carbocycles. The number of carbonyl (C=O) groups is 1. The highest BCUT2D eigenvalue weighted by Gasteiger charge is 2.33. The van der Waals surface area contributed by atoms with Crippen molar-refractivity contribution in [2.75, 3.05) is 75.3 Å². The van der Waals surface area contributed by atoms with Gasteiger partial charge in [-0.2, -0.15) is 13.2 Å². The molecule has 0 aromatic heterocycles. The molecule has 1 saturated heterocycles. The first-order valence-corrected chi connectivity index (χ1v) is 18.3. The number of halogens is 3. The minimum absolute atomic E-state index is 0.292. The van der Waals surface area contributed by atoms with Gasteiger partial charge in [0.25, 0.3) is 0 Å². The minimum Gasteiger partial charge on any atom is -0.478 e. The Morgan fingerprint density at radius 3 is 2.30 bits per heavy atom. The highest BCUT2D eigenvalue weighted by Crippen LogP contribution is 2.49. The van der Waals surface area contributed by atoms with Crippen LogP contribution in [0, 0.1) is 0 Å². The number of benzene rings is 4. The summed E-state index contributed by atoms with van der Waals surface area (Å²) >= 11 is 1.52. The fourth-order valence-corrected chi connectivity index (χ4v) is 7.76. The first-order chi connectivity index (χ1) is 24.1. The van der Waals surface area contributed by atoms with E-state index < -0.39 is 17.8 Å². The number of esters is 1. The van der Waals surface area contributed by atoms with Crippen LogP contribution in [0.25, 0.3) is 10.8 Å². The number of piperazine rings is 1. The van der Waals surface area contributed by atoms with Gasteiger partial charge in [0.2, 0.25) is 0 Å². The summed E-state index contributed by atoms with van der Waals surface area (Å²) in [5.74, 6) is 0.276. The number of rotatable bonds is 13. The summed E-state index contributed by atoms with van der Waals surface area (Å²) in [5, 5.41) is 2.02. The topological polar surface area (TPSA) is 48.5 Å². The lowest BCUT2D eigenvalue weighted by molar-refractivity contribution is -0.151. The molecule has 0 radical (unpaired) electrons. The van der Waals surface area contributed by atoms with Crippen LogP contribution in [0.5, 0.6) is 5.75 Å². The first kappa shape index (κ1) is 35.9. The molecule has 11 heteroatoms. The van der Waals surface area contributed by atoms with E-state index in [0.29, 0.717) is 31.1 Å². The van der Waals surface area contributed by atoms with Gasteiger partial charge in [0.1, 0.15) is 12.4 Å². The molecular formula is C39H45F3N4O3S. The molecule has 0 aliphatic carbocycles. The lowest BCUT2D eigenvalue weighted by atomic mass is 10.1. The Balaban J connectivity index is 0.953. The highest BCUT2D eigenvalue weighted by atomic mass is 32.2. The van der Waals surface area contributed by atoms with Gasteiger partial charge in [0.15, 0.2) is 6.10 Å². The summed E-state index contributed by atoms with van der Waals surface area (Å²) in [6, 6.07) is 24.1. The van der Waals surface area contributed by atoms with Crippen molar-refractivity contribution in [2.45, 2.75) is 49.3 Å². The lowest BCUT2D eigenvalue weighted by Crippen LogP contribution is -2.48. The molecule has 7 nitrogen and oxygen atoms in total. The van der Waals surface area contributed by atoms with Crippen LogP contribution < -0.4 is 14.5 Å². The Hall–Kier alpha value is -3.93. The van der Waals surface area contributed by atoms with Crippen LogP contribution in [0.15, 0.2) is 88.7 Å². The van der Waals surface area contributed by atoms with E-state index in [-0.39, 0.29) is 5.97 Å². The average molecular weight is 707 g/mol. The molecule has 266 valence electrons. The van der Waals surface area contributed by atoms with Crippen molar-refractivity contribution in [3.05, 3.63) is 84.4 Å². The fourth-order valence-electron chi connectivity index (χ4n) is 6.69. The highest BCUT2D eigenvalue weighted by molar-refractivity contribution is 7.99. The minimum atomic E-state index is -4.39. The van der Waals surface area contributed by atoms with E-state index in [2.05, 4.69) is 46.7 Å². The third-order valence-corrected chi connectivity index (χ3v) is 10.6. The smallest absolute Gasteiger partial charge is 0.416 e. The zero-order valence-electron chi connectivity index (χ0n) is 28.9. The summed E-state index contributed by atoms with van der Waals surface area (Å²) in [7, 11) is 0. The predicted octanol–water partition coefficient (Wildman–Crippen LogP) is 8.33. The molecule has 1 atom stereocenters. The normalized spacial score (nSPS) is 15.8. The quantitative estimate of drug-likeness (QED) is 0.129. The van der Waals surface area contributed by atoms with Gasteiger partial charge < -0.3 is 24.2 Å². The van der Waals surface area contributed by atoms with Crippen LogP contribution in [0.4, 0.5) is 30.2 Å². The fraction of sp³-hybridized carbons (Fsp3) is 0.410. The van der Waals surface area contributed by atoms with E-state index in [1.807, 2.05) is 47.4 Å². The summed E-state index contributed by atoms with van der Waals surface area (Å²) in [6.07, 6.45) is -4.32. The molecule has 4 aromatic carbocycles. The van der Waals surface area contributed by atoms with E-state index in [1.54, 1.807) is 13.0 Å². The van der Waals surface area contributed by atoms with Crippen LogP contribution in [0.2, 0.25) is 0 Å². The van der Waals surface area contributed by atoms with E-state index in [4.69, 9.17) is 9.47 Å². The Bertz CT molecular complexity index is 1780. The maximum Gasteiger partial charge on any atom is 0.416 e. The van der Waals surface area contributed by atoms with Gasteiger partial charge >= 0.3 is 12.1 Å². The van der Waals surface area contributed by atoms with Crippen molar-refractivity contribution in [2.24, 2.45) is 0 Å². The van der Waals surface area contributed by atoms with Crippen LogP contribution in [0.3, 0.4) is 0 Å². The first-order valence-electron chi connectivity index (χ1n) is 17.5. The van der Waals surface area contributed by atoms with Gasteiger partial charge in [-0.3, -0.25) is 4.90 Å². The van der Waals surface area contributed by atoms with Crippen LogP contribution in [-0.2, 0) is 15.7 Å². The molecule has 0 bridgehead atoms. The van der Waals surface area contributed by atoms with Crippen molar-refractivity contribution >= 4 is 45.6 Å². The van der Waals surface area contributed by atoms with E-state index >= 15 is 0 Å². The lowest BCUT2D eigenvalue weighted by Gasteiger charge is -2.36. The number of hydrogen-bond donors (Lipinski definition) is 0. The van der Waals surface area contributed by atoms with Crippen molar-refractivity contribution in [1.29, 1.82) is 0 Å². The molecule has 0 spiro atoms. The number of fused-ring (bicyclic) bond motifs is 3. The summed E-state index contributed by atoms with van der Waals surface area (Å²) < 4.78 is 52.5. The second-order valence-corrected chi connectivity index (χ2v) is 13.8. The summed E-state index contributed by atoms with van der Waals surface area (Å²) in [6.45, 7) is 13.7. The van der Waals surface area contributed by atoms with Crippen molar-refractivity contribution in [3.63, 3.8) is 0 Å². The predicted molar refractivity (Wildman–Crippen MR) is 195 cm³/mol. The second-order valence-electron chi connectivity index (χ2n) is 12.7. The van der Waals surface area contributed by atoms with Gasteiger partial charge in [0, 0.05) is 73.2 Å². The molecule has 1 fully saturated rings. The number of para-hydroxylation sites is 1. The van der Waals surface area contributed by atoms with Crippen molar-refractivity contribution in [1.82, 2.24) is 9.80 Å². The van der Waals surface area contributed by atoms with Crippen LogP contribution in [0.1, 0.15) is 32.8 Å². The average Bonchev–Trinajstić information content (AvgIpc) is 3.12. The zero-order valence-corrected chi connectivity index (χ0v) is 29.7. The Labute approximate surface area is 296 Å². The van der Waals surface area contributed by atoms with Gasteiger partial charge in [-0.15, -0.1) is 0 Å². The van der Waals surface area contributed by atoms with E-state index in [1.165, 1.54) is 23.9 Å². The number of alkyl halides is 3. The summed E-state index contributed by atoms with van der Waals surface area (Å²) in [5.41, 5.74) is 2.06. The Morgan fingerprint density at radius 2 is 1.56 bits per heavy atom. The standard InChI is InChI=1S/C39H45F3N4O3S/c1-4-45(5-2)31-16-14-29-10-8-12-35(32(29)27-31)49-28(3)38(47)48-25-24-44-22-20-43(21-23-44)18-9-19-46-33-11-6-7-13-36(33)50-37-17-15-30(26-34(37)46)39(40,41)42/h6-8,10-17,26-28H,4-5,9,18-25H2,1-3H3. The van der Waals surface area contributed by atoms with Crippen molar-refractivity contribution < 1.29 is 27.4 Å². The maximum absolute atomic E-state index is 13.6. The van der Waals surface area contributed by atoms with Gasteiger partial charge in [-0.1, -0.05) is 42.1 Å². The van der Waals surface area contributed by atoms with Crippen LogP contribution in [-0.4, -0.2) is 87.4 Å².